The standard InChI is InChI=1S/C23H24O7/c1-4-5-10-27-18-11-21(29-15(3)25)23-19(26)13-20(30-22(23)12-18)16-6-8-17(9-7-16)28-14(2)24/h6-9,11-12,20H,4-5,10,13H2,1-3H3. The molecule has 0 aromatic heterocycles. The van der Waals surface area contributed by atoms with Gasteiger partial charge in [0.05, 0.1) is 13.0 Å². The summed E-state index contributed by atoms with van der Waals surface area (Å²) in [6.07, 6.45) is 1.41. The number of unbranched alkanes of at least 4 members (excludes halogenated alkanes) is 1. The molecule has 0 aliphatic carbocycles. The number of ketones is 1. The van der Waals surface area contributed by atoms with Gasteiger partial charge in [0.1, 0.15) is 34.7 Å². The van der Waals surface area contributed by atoms with Crippen molar-refractivity contribution in [2.45, 2.75) is 46.1 Å². The van der Waals surface area contributed by atoms with Gasteiger partial charge in [0.25, 0.3) is 0 Å². The van der Waals surface area contributed by atoms with Crippen molar-refractivity contribution < 1.29 is 33.3 Å². The minimum atomic E-state index is -0.529. The van der Waals surface area contributed by atoms with E-state index < -0.39 is 18.0 Å². The summed E-state index contributed by atoms with van der Waals surface area (Å²) in [6.45, 7) is 5.16. The molecule has 0 amide bonds. The van der Waals surface area contributed by atoms with Gasteiger partial charge in [-0.15, -0.1) is 0 Å². The number of Topliss-reactive ketones (excluding diaryl/α,β-unsaturated/α-hetero) is 1. The van der Waals surface area contributed by atoms with E-state index in [9.17, 15) is 14.4 Å². The molecule has 1 aliphatic rings. The van der Waals surface area contributed by atoms with E-state index in [1.165, 1.54) is 13.8 Å². The molecule has 1 heterocycles. The van der Waals surface area contributed by atoms with E-state index in [4.69, 9.17) is 18.9 Å². The number of benzene rings is 2. The molecule has 0 N–H and O–H groups in total. The van der Waals surface area contributed by atoms with Gasteiger partial charge in [0.2, 0.25) is 0 Å². The maximum absolute atomic E-state index is 12.9. The zero-order chi connectivity index (χ0) is 21.7. The second kappa shape index (κ2) is 9.43. The van der Waals surface area contributed by atoms with Gasteiger partial charge in [0, 0.05) is 26.0 Å². The molecule has 0 saturated heterocycles. The first-order valence-electron chi connectivity index (χ1n) is 9.85. The third-order valence-corrected chi connectivity index (χ3v) is 4.49. The number of hydrogen-bond acceptors (Lipinski definition) is 7. The fraction of sp³-hybridized carbons (Fsp3) is 0.348. The number of carbonyl (C=O) groups is 3. The summed E-state index contributed by atoms with van der Waals surface area (Å²) in [5, 5.41) is 0. The van der Waals surface area contributed by atoms with E-state index in [2.05, 4.69) is 6.92 Å². The van der Waals surface area contributed by atoms with Gasteiger partial charge in [-0.1, -0.05) is 25.5 Å². The van der Waals surface area contributed by atoms with Crippen LogP contribution < -0.4 is 18.9 Å². The minimum Gasteiger partial charge on any atom is -0.493 e. The molecular weight excluding hydrogens is 388 g/mol. The van der Waals surface area contributed by atoms with Crippen LogP contribution in [0, 0.1) is 0 Å². The lowest BCUT2D eigenvalue weighted by Gasteiger charge is -2.27. The minimum absolute atomic E-state index is 0.0875. The van der Waals surface area contributed by atoms with Gasteiger partial charge in [-0.2, -0.15) is 0 Å². The lowest BCUT2D eigenvalue weighted by molar-refractivity contribution is -0.132. The zero-order valence-electron chi connectivity index (χ0n) is 17.2. The predicted octanol–water partition coefficient (Wildman–Crippen LogP) is 4.42. The van der Waals surface area contributed by atoms with Crippen molar-refractivity contribution >= 4 is 17.7 Å². The van der Waals surface area contributed by atoms with E-state index in [0.29, 0.717) is 23.9 Å². The first-order chi connectivity index (χ1) is 14.4. The predicted molar refractivity (Wildman–Crippen MR) is 108 cm³/mol. The molecule has 2 aromatic rings. The Morgan fingerprint density at radius 2 is 1.73 bits per heavy atom. The molecule has 2 aromatic carbocycles. The van der Waals surface area contributed by atoms with Gasteiger partial charge >= 0.3 is 11.9 Å². The van der Waals surface area contributed by atoms with Crippen LogP contribution in [0.3, 0.4) is 0 Å². The molecule has 1 unspecified atom stereocenters. The molecular formula is C23H24O7. The number of hydrogen-bond donors (Lipinski definition) is 0. The molecule has 0 bridgehead atoms. The number of carbonyl (C=O) groups excluding carboxylic acids is 3. The Bertz CT molecular complexity index is 947. The van der Waals surface area contributed by atoms with E-state index in [-0.39, 0.29) is 23.5 Å². The van der Waals surface area contributed by atoms with Crippen LogP contribution in [0.25, 0.3) is 0 Å². The Morgan fingerprint density at radius 3 is 2.37 bits per heavy atom. The maximum atomic E-state index is 12.9. The van der Waals surface area contributed by atoms with Crippen LogP contribution in [0.5, 0.6) is 23.0 Å². The lowest BCUT2D eigenvalue weighted by atomic mass is 9.95. The fourth-order valence-electron chi connectivity index (χ4n) is 3.15. The Morgan fingerprint density at radius 1 is 1.03 bits per heavy atom. The zero-order valence-corrected chi connectivity index (χ0v) is 17.2. The number of esters is 2. The summed E-state index contributed by atoms with van der Waals surface area (Å²) < 4.78 is 22.1. The molecule has 0 radical (unpaired) electrons. The summed E-state index contributed by atoms with van der Waals surface area (Å²) in [4.78, 5) is 35.5. The molecule has 7 nitrogen and oxygen atoms in total. The summed E-state index contributed by atoms with van der Waals surface area (Å²) in [7, 11) is 0. The second-order valence-corrected chi connectivity index (χ2v) is 6.99. The normalized spacial score (nSPS) is 15.0. The average molecular weight is 412 g/mol. The smallest absolute Gasteiger partial charge is 0.308 e. The molecule has 1 atom stereocenters. The molecule has 158 valence electrons. The third-order valence-electron chi connectivity index (χ3n) is 4.49. The van der Waals surface area contributed by atoms with Crippen LogP contribution in [0.4, 0.5) is 0 Å². The van der Waals surface area contributed by atoms with Crippen molar-refractivity contribution in [1.29, 1.82) is 0 Å². The summed E-state index contributed by atoms with van der Waals surface area (Å²) in [5.41, 5.74) is 0.997. The highest BCUT2D eigenvalue weighted by atomic mass is 16.5. The Balaban J connectivity index is 1.89. The van der Waals surface area contributed by atoms with E-state index in [1.807, 2.05) is 0 Å². The summed E-state index contributed by atoms with van der Waals surface area (Å²) >= 11 is 0. The van der Waals surface area contributed by atoms with Gasteiger partial charge < -0.3 is 18.9 Å². The largest absolute Gasteiger partial charge is 0.493 e. The second-order valence-electron chi connectivity index (χ2n) is 6.99. The first-order valence-corrected chi connectivity index (χ1v) is 9.85. The summed E-state index contributed by atoms with van der Waals surface area (Å²) in [6, 6.07) is 9.98. The quantitative estimate of drug-likeness (QED) is 0.378. The topological polar surface area (TPSA) is 88.1 Å². The van der Waals surface area contributed by atoms with Crippen molar-refractivity contribution in [1.82, 2.24) is 0 Å². The van der Waals surface area contributed by atoms with Gasteiger partial charge in [0.15, 0.2) is 5.78 Å². The third kappa shape index (κ3) is 5.17. The Kier molecular flexibility index (Phi) is 6.72. The summed E-state index contributed by atoms with van der Waals surface area (Å²) in [5.74, 6) is 0.204. The molecule has 0 saturated carbocycles. The lowest BCUT2D eigenvalue weighted by Crippen LogP contribution is -2.22. The number of ether oxygens (including phenoxy) is 4. The molecule has 3 rings (SSSR count). The fourth-order valence-corrected chi connectivity index (χ4v) is 3.15. The molecule has 30 heavy (non-hydrogen) atoms. The van der Waals surface area contributed by atoms with Crippen molar-refractivity contribution in [3.63, 3.8) is 0 Å². The van der Waals surface area contributed by atoms with E-state index >= 15 is 0 Å². The molecule has 7 heteroatoms. The highest BCUT2D eigenvalue weighted by Crippen LogP contribution is 2.42. The van der Waals surface area contributed by atoms with Crippen LogP contribution in [0.15, 0.2) is 36.4 Å². The first kappa shape index (κ1) is 21.4. The van der Waals surface area contributed by atoms with Crippen LogP contribution in [-0.2, 0) is 9.59 Å². The van der Waals surface area contributed by atoms with Crippen molar-refractivity contribution in [2.24, 2.45) is 0 Å². The molecule has 0 spiro atoms. The SMILES string of the molecule is CCCCOc1cc(OC(C)=O)c2c(c1)OC(c1ccc(OC(C)=O)cc1)CC2=O. The van der Waals surface area contributed by atoms with Crippen LogP contribution >= 0.6 is 0 Å². The average Bonchev–Trinajstić information content (AvgIpc) is 2.67. The van der Waals surface area contributed by atoms with Gasteiger partial charge in [-0.3, -0.25) is 14.4 Å². The molecule has 0 fully saturated rings. The van der Waals surface area contributed by atoms with Crippen molar-refractivity contribution in [3.05, 3.63) is 47.5 Å². The number of rotatable bonds is 7. The van der Waals surface area contributed by atoms with E-state index in [1.54, 1.807) is 36.4 Å². The van der Waals surface area contributed by atoms with Crippen LogP contribution in [0.1, 0.15) is 62.1 Å². The van der Waals surface area contributed by atoms with Gasteiger partial charge in [-0.05, 0) is 24.1 Å². The van der Waals surface area contributed by atoms with Crippen molar-refractivity contribution in [3.8, 4) is 23.0 Å². The Hall–Kier alpha value is -3.35. The highest BCUT2D eigenvalue weighted by Gasteiger charge is 2.32. The van der Waals surface area contributed by atoms with Crippen LogP contribution in [-0.4, -0.2) is 24.3 Å². The molecule has 1 aliphatic heterocycles. The Labute approximate surface area is 174 Å². The van der Waals surface area contributed by atoms with E-state index in [0.717, 1.165) is 18.4 Å². The van der Waals surface area contributed by atoms with Gasteiger partial charge in [-0.25, -0.2) is 0 Å². The maximum Gasteiger partial charge on any atom is 0.308 e. The van der Waals surface area contributed by atoms with Crippen molar-refractivity contribution in [2.75, 3.05) is 6.61 Å². The van der Waals surface area contributed by atoms with Crippen LogP contribution in [0.2, 0.25) is 0 Å². The highest BCUT2D eigenvalue weighted by molar-refractivity contribution is 6.03. The number of fused-ring (bicyclic) bond motifs is 1. The monoisotopic (exact) mass is 412 g/mol.